The van der Waals surface area contributed by atoms with Gasteiger partial charge in [-0.25, -0.2) is 24.4 Å². The highest BCUT2D eigenvalue weighted by atomic mass is 32.5. The second-order valence-corrected chi connectivity index (χ2v) is 12.6. The number of hydrogen-bond donors (Lipinski definition) is 2. The van der Waals surface area contributed by atoms with Crippen molar-refractivity contribution in [2.24, 2.45) is 0 Å². The topological polar surface area (TPSA) is 133 Å². The molecule has 3 aromatic rings. The molecule has 2 N–H and O–H groups in total. The van der Waals surface area contributed by atoms with Gasteiger partial charge in [0.2, 0.25) is 5.67 Å². The van der Waals surface area contributed by atoms with Crippen molar-refractivity contribution in [1.29, 1.82) is 0 Å². The first-order valence-electron chi connectivity index (χ1n) is 12.7. The summed E-state index contributed by atoms with van der Waals surface area (Å²) >= 11 is 5.69. The number of rotatable bonds is 11. The maximum Gasteiger partial charge on any atom is 0.323 e. The molecule has 6 atom stereocenters. The summed E-state index contributed by atoms with van der Waals surface area (Å²) in [6.07, 6.45) is 2.36. The molecule has 0 unspecified atom stereocenters. The number of carbonyl (C=O) groups is 1. The fourth-order valence-corrected chi connectivity index (χ4v) is 6.66. The summed E-state index contributed by atoms with van der Waals surface area (Å²) in [5.74, 6) is 2.82. The number of fused-ring (bicyclic) bond motifs is 1. The number of carbonyl (C=O) groups excluding carboxylic acids is 1. The van der Waals surface area contributed by atoms with Crippen molar-refractivity contribution in [2.45, 2.75) is 50.9 Å². The summed E-state index contributed by atoms with van der Waals surface area (Å²) in [5, 5.41) is 13.9. The first-order valence-corrected chi connectivity index (χ1v) is 15.4. The van der Waals surface area contributed by atoms with Crippen molar-refractivity contribution >= 4 is 41.4 Å². The Balaban J connectivity index is 1.61. The van der Waals surface area contributed by atoms with Crippen molar-refractivity contribution in [1.82, 2.24) is 24.6 Å². The lowest BCUT2D eigenvalue weighted by Gasteiger charge is -2.27. The van der Waals surface area contributed by atoms with Crippen LogP contribution in [0.15, 0.2) is 36.7 Å². The Hall–Kier alpha value is -3.18. The van der Waals surface area contributed by atoms with Crippen LogP contribution in [0.5, 0.6) is 5.75 Å². The quantitative estimate of drug-likeness (QED) is 0.189. The van der Waals surface area contributed by atoms with E-state index >= 15 is 4.39 Å². The summed E-state index contributed by atoms with van der Waals surface area (Å²) in [4.78, 5) is 27.2. The summed E-state index contributed by atoms with van der Waals surface area (Å²) < 4.78 is 40.5. The fraction of sp³-hybridized carbons (Fsp3) is 0.462. The maximum atomic E-state index is 16.3. The number of nitrogens with zero attached hydrogens (tertiary/aromatic N) is 5. The molecule has 1 fully saturated rings. The number of aromatic nitrogens is 4. The van der Waals surface area contributed by atoms with Crippen LogP contribution in [0.4, 0.5) is 10.2 Å². The number of halogens is 1. The van der Waals surface area contributed by atoms with Crippen molar-refractivity contribution in [3.63, 3.8) is 0 Å². The number of para-hydroxylation sites is 1. The predicted octanol–water partition coefficient (Wildman–Crippen LogP) is 2.66. The molecule has 0 saturated carbocycles. The first-order chi connectivity index (χ1) is 19.4. The van der Waals surface area contributed by atoms with Crippen molar-refractivity contribution in [3.8, 4) is 18.1 Å². The molecule has 1 aliphatic heterocycles. The minimum Gasteiger partial charge on any atom is -0.465 e. The summed E-state index contributed by atoms with van der Waals surface area (Å²) in [6.45, 7) is 1.21. The minimum atomic E-state index is -3.48. The van der Waals surface area contributed by atoms with Crippen LogP contribution in [0.2, 0.25) is 0 Å². The molecule has 4 rings (SSSR count). The number of aliphatic hydroxyl groups excluding tert-OH is 1. The largest absolute Gasteiger partial charge is 0.465 e. The van der Waals surface area contributed by atoms with Gasteiger partial charge in [0.1, 0.15) is 29.8 Å². The van der Waals surface area contributed by atoms with E-state index in [4.69, 9.17) is 36.8 Å². The second kappa shape index (κ2) is 12.4. The number of aryl methyl sites for hydroxylation is 1. The smallest absolute Gasteiger partial charge is 0.323 e. The van der Waals surface area contributed by atoms with Crippen LogP contribution in [0.1, 0.15) is 25.9 Å². The number of esters is 1. The molecule has 0 aliphatic carbocycles. The van der Waals surface area contributed by atoms with E-state index in [1.165, 1.54) is 10.9 Å². The molecule has 41 heavy (non-hydrogen) atoms. The number of hydrogen-bond acceptors (Lipinski definition) is 11. The standard InChI is InChI=1S/C26H32FN6O6PS/c1-7-26(27)21(34)19(38-25(26)33-15-28-20-22(32(5)6)29-17(4)30-23(20)33)14-37-40(41,31-16(3)24(35)36-8-2)39-18-12-10-9-11-13-18/h1,9-13,15-16,19,21,25,34H,8,14H2,2-6H3,(H,31,41)/t16-,19-,21-,25-,26-,40+/m1/s1. The highest BCUT2D eigenvalue weighted by Gasteiger charge is 2.58. The molecule has 2 aromatic heterocycles. The number of ether oxygens (including phenoxy) is 2. The van der Waals surface area contributed by atoms with Gasteiger partial charge in [-0.3, -0.25) is 9.36 Å². The summed E-state index contributed by atoms with van der Waals surface area (Å²) in [5.41, 5.74) is -1.99. The van der Waals surface area contributed by atoms with Gasteiger partial charge in [0.05, 0.1) is 19.5 Å². The van der Waals surface area contributed by atoms with Crippen LogP contribution >= 0.6 is 6.64 Å². The number of anilines is 1. The molecule has 0 radical (unpaired) electrons. The Kier molecular flexibility index (Phi) is 9.28. The van der Waals surface area contributed by atoms with Gasteiger partial charge in [-0.05, 0) is 44.7 Å². The molecule has 1 aliphatic rings. The SMILES string of the molecule is C#C[C@@]1(F)[C@H](O)[C@@H](CO[P@@](=S)(N[C@H](C)C(=O)OCC)Oc2ccccc2)O[C@H]1n1cnc2c(N(C)C)nc(C)nc21. The molecule has 0 spiro atoms. The van der Waals surface area contributed by atoms with E-state index in [1.54, 1.807) is 70.1 Å². The van der Waals surface area contributed by atoms with Crippen LogP contribution in [-0.2, 0) is 30.6 Å². The zero-order chi connectivity index (χ0) is 29.9. The Morgan fingerprint density at radius 1 is 1.39 bits per heavy atom. The fourth-order valence-electron chi connectivity index (χ4n) is 4.24. The van der Waals surface area contributed by atoms with E-state index in [1.807, 2.05) is 5.92 Å². The average Bonchev–Trinajstić information content (AvgIpc) is 3.45. The molecule has 1 aromatic carbocycles. The van der Waals surface area contributed by atoms with Crippen LogP contribution in [-0.4, -0.2) is 81.8 Å². The van der Waals surface area contributed by atoms with E-state index < -0.39 is 49.4 Å². The average molecular weight is 607 g/mol. The van der Waals surface area contributed by atoms with Crippen molar-refractivity contribution in [2.75, 3.05) is 32.2 Å². The van der Waals surface area contributed by atoms with Gasteiger partial charge in [0.25, 0.3) is 0 Å². The molecule has 220 valence electrons. The minimum absolute atomic E-state index is 0.172. The lowest BCUT2D eigenvalue weighted by molar-refractivity contribution is -0.144. The predicted molar refractivity (Wildman–Crippen MR) is 154 cm³/mol. The molecular formula is C26H32FN6O6PS. The van der Waals surface area contributed by atoms with Gasteiger partial charge in [0.15, 0.2) is 23.2 Å². The maximum absolute atomic E-state index is 16.3. The van der Waals surface area contributed by atoms with Gasteiger partial charge >= 0.3 is 12.6 Å². The first kappa shape index (κ1) is 30.8. The van der Waals surface area contributed by atoms with E-state index in [-0.39, 0.29) is 12.3 Å². The van der Waals surface area contributed by atoms with E-state index in [2.05, 4.69) is 20.0 Å². The number of imidazole rings is 1. The summed E-state index contributed by atoms with van der Waals surface area (Å²) in [6, 6.07) is 7.72. The van der Waals surface area contributed by atoms with Crippen molar-refractivity contribution in [3.05, 3.63) is 42.5 Å². The lowest BCUT2D eigenvalue weighted by Crippen LogP contribution is -2.42. The number of nitrogens with one attached hydrogen (secondary N) is 1. The van der Waals surface area contributed by atoms with Gasteiger partial charge < -0.3 is 28.5 Å². The third kappa shape index (κ3) is 6.35. The molecule has 0 bridgehead atoms. The molecular weight excluding hydrogens is 574 g/mol. The van der Waals surface area contributed by atoms with E-state index in [0.717, 1.165) is 0 Å². The monoisotopic (exact) mass is 606 g/mol. The number of aliphatic hydroxyl groups is 1. The van der Waals surface area contributed by atoms with Crippen LogP contribution in [0, 0.1) is 19.3 Å². The third-order valence-electron chi connectivity index (χ3n) is 6.23. The zero-order valence-corrected chi connectivity index (χ0v) is 24.9. The molecule has 15 heteroatoms. The van der Waals surface area contributed by atoms with Crippen molar-refractivity contribution < 1.29 is 32.8 Å². The number of benzene rings is 1. The Labute approximate surface area is 242 Å². The number of terminal acetylenes is 1. The van der Waals surface area contributed by atoms with E-state index in [9.17, 15) is 9.90 Å². The molecule has 1 saturated heterocycles. The van der Waals surface area contributed by atoms with Crippen LogP contribution < -0.4 is 14.5 Å². The Bertz CT molecular complexity index is 1490. The highest BCUT2D eigenvalue weighted by Crippen LogP contribution is 2.48. The van der Waals surface area contributed by atoms with Gasteiger partial charge in [-0.1, -0.05) is 24.1 Å². The van der Waals surface area contributed by atoms with Gasteiger partial charge in [0, 0.05) is 14.1 Å². The van der Waals surface area contributed by atoms with Crippen LogP contribution in [0.25, 0.3) is 11.2 Å². The number of alkyl halides is 1. The zero-order valence-electron chi connectivity index (χ0n) is 23.2. The highest BCUT2D eigenvalue weighted by molar-refractivity contribution is 8.09. The molecule has 12 nitrogen and oxygen atoms in total. The Morgan fingerprint density at radius 3 is 2.73 bits per heavy atom. The normalized spacial score (nSPS) is 24.4. The lowest BCUT2D eigenvalue weighted by atomic mass is 9.97. The van der Waals surface area contributed by atoms with Gasteiger partial charge in [-0.15, -0.1) is 6.42 Å². The second-order valence-electron chi connectivity index (χ2n) is 9.50. The third-order valence-corrected chi connectivity index (χ3v) is 8.73. The van der Waals surface area contributed by atoms with Gasteiger partial charge in [-0.2, -0.15) is 0 Å². The Morgan fingerprint density at radius 2 is 2.10 bits per heavy atom. The molecule has 0 amide bonds. The van der Waals surface area contributed by atoms with Crippen LogP contribution in [0.3, 0.4) is 0 Å². The summed E-state index contributed by atoms with van der Waals surface area (Å²) in [7, 11) is 3.59. The van der Waals surface area contributed by atoms with E-state index in [0.29, 0.717) is 22.9 Å². The molecule has 3 heterocycles.